The maximum atomic E-state index is 12.4. The monoisotopic (exact) mass is 298 g/mol. The quantitative estimate of drug-likeness (QED) is 0.848. The fraction of sp³-hybridized carbons (Fsp3) is 0.867. The van der Waals surface area contributed by atoms with Crippen LogP contribution in [-0.2, 0) is 9.59 Å². The van der Waals surface area contributed by atoms with Crippen LogP contribution in [0.1, 0.15) is 53.4 Å². The Kier molecular flexibility index (Phi) is 4.67. The van der Waals surface area contributed by atoms with Gasteiger partial charge >= 0.3 is 0 Å². The number of nitrogens with zero attached hydrogens (tertiary/aromatic N) is 1. The Hall–Kier alpha value is -0.710. The molecule has 0 aliphatic carbocycles. The third-order valence-electron chi connectivity index (χ3n) is 4.31. The summed E-state index contributed by atoms with van der Waals surface area (Å²) in [4.78, 5) is 26.1. The molecule has 114 valence electrons. The minimum absolute atomic E-state index is 0.0210. The van der Waals surface area contributed by atoms with Crippen LogP contribution in [0.5, 0.6) is 0 Å². The van der Waals surface area contributed by atoms with E-state index in [0.717, 1.165) is 25.0 Å². The van der Waals surface area contributed by atoms with E-state index in [0.29, 0.717) is 12.3 Å². The lowest BCUT2D eigenvalue weighted by atomic mass is 10.0. The van der Waals surface area contributed by atoms with Crippen LogP contribution < -0.4 is 5.32 Å². The van der Waals surface area contributed by atoms with Crippen molar-refractivity contribution >= 4 is 23.6 Å². The molecule has 0 saturated carbocycles. The fourth-order valence-electron chi connectivity index (χ4n) is 3.01. The van der Waals surface area contributed by atoms with Crippen molar-refractivity contribution in [2.24, 2.45) is 5.92 Å². The van der Waals surface area contributed by atoms with Crippen molar-refractivity contribution in [3.8, 4) is 0 Å². The maximum Gasteiger partial charge on any atom is 0.243 e. The number of carbonyl (C=O) groups is 2. The summed E-state index contributed by atoms with van der Waals surface area (Å²) in [7, 11) is 0. The van der Waals surface area contributed by atoms with E-state index in [9.17, 15) is 9.59 Å². The molecule has 1 N–H and O–H groups in total. The molecule has 2 fully saturated rings. The molecular formula is C15H26N2O2S. The molecule has 2 heterocycles. The Morgan fingerprint density at radius 1 is 1.45 bits per heavy atom. The van der Waals surface area contributed by atoms with Gasteiger partial charge in [0, 0.05) is 18.2 Å². The van der Waals surface area contributed by atoms with E-state index in [4.69, 9.17) is 0 Å². The second-order valence-corrected chi connectivity index (χ2v) is 8.15. The number of fused-ring (bicyclic) bond motifs is 1. The number of thioether (sulfide) groups is 1. The average Bonchev–Trinajstić information content (AvgIpc) is 2.84. The summed E-state index contributed by atoms with van der Waals surface area (Å²) < 4.78 is 0. The van der Waals surface area contributed by atoms with Gasteiger partial charge in [0.1, 0.15) is 6.04 Å². The molecule has 0 aromatic rings. The SMILES string of the molecule is CC(C)CC[C@H](C)NC(=O)[C@H]1CS[C@@]2(C)CCC(=O)N12. The molecule has 0 radical (unpaired) electrons. The van der Waals surface area contributed by atoms with Gasteiger partial charge < -0.3 is 10.2 Å². The maximum absolute atomic E-state index is 12.4. The highest BCUT2D eigenvalue weighted by Gasteiger charge is 2.52. The first-order valence-electron chi connectivity index (χ1n) is 7.60. The molecular weight excluding hydrogens is 272 g/mol. The lowest BCUT2D eigenvalue weighted by Gasteiger charge is -2.30. The first kappa shape index (κ1) is 15.7. The van der Waals surface area contributed by atoms with Crippen LogP contribution in [0, 0.1) is 5.92 Å². The van der Waals surface area contributed by atoms with Crippen molar-refractivity contribution in [2.45, 2.75) is 70.3 Å². The summed E-state index contributed by atoms with van der Waals surface area (Å²) in [6.45, 7) is 8.51. The van der Waals surface area contributed by atoms with Gasteiger partial charge in [-0.15, -0.1) is 11.8 Å². The smallest absolute Gasteiger partial charge is 0.243 e. The normalized spacial score (nSPS) is 30.8. The highest BCUT2D eigenvalue weighted by Crippen LogP contribution is 2.47. The van der Waals surface area contributed by atoms with Crippen LogP contribution >= 0.6 is 11.8 Å². The number of amides is 2. The molecule has 2 aliphatic heterocycles. The van der Waals surface area contributed by atoms with Gasteiger partial charge in [0.2, 0.25) is 11.8 Å². The zero-order chi connectivity index (χ0) is 14.9. The second kappa shape index (κ2) is 5.96. The number of nitrogens with one attached hydrogen (secondary N) is 1. The Labute approximate surface area is 126 Å². The summed E-state index contributed by atoms with van der Waals surface area (Å²) >= 11 is 1.75. The van der Waals surface area contributed by atoms with Crippen LogP contribution in [0.2, 0.25) is 0 Å². The molecule has 2 rings (SSSR count). The summed E-state index contributed by atoms with van der Waals surface area (Å²) in [5.74, 6) is 1.53. The molecule has 2 saturated heterocycles. The van der Waals surface area contributed by atoms with E-state index < -0.39 is 0 Å². The fourth-order valence-corrected chi connectivity index (χ4v) is 4.44. The summed E-state index contributed by atoms with van der Waals surface area (Å²) in [5.41, 5.74) is 0. The van der Waals surface area contributed by atoms with Crippen LogP contribution in [0.25, 0.3) is 0 Å². The van der Waals surface area contributed by atoms with E-state index in [-0.39, 0.29) is 28.8 Å². The summed E-state index contributed by atoms with van der Waals surface area (Å²) in [6.07, 6.45) is 3.55. The van der Waals surface area contributed by atoms with Crippen LogP contribution in [0.4, 0.5) is 0 Å². The van der Waals surface area contributed by atoms with Gasteiger partial charge in [-0.2, -0.15) is 0 Å². The van der Waals surface area contributed by atoms with E-state index in [1.807, 2.05) is 11.8 Å². The summed E-state index contributed by atoms with van der Waals surface area (Å²) in [5, 5.41) is 3.08. The minimum Gasteiger partial charge on any atom is -0.352 e. The molecule has 4 nitrogen and oxygen atoms in total. The Morgan fingerprint density at radius 3 is 2.80 bits per heavy atom. The zero-order valence-corrected chi connectivity index (χ0v) is 13.8. The molecule has 0 aromatic heterocycles. The topological polar surface area (TPSA) is 49.4 Å². The van der Waals surface area contributed by atoms with Crippen LogP contribution in [0.15, 0.2) is 0 Å². The molecule has 2 aliphatic rings. The molecule has 0 unspecified atom stereocenters. The Bertz CT molecular complexity index is 399. The van der Waals surface area contributed by atoms with Crippen LogP contribution in [-0.4, -0.2) is 39.4 Å². The summed E-state index contributed by atoms with van der Waals surface area (Å²) in [6, 6.07) is -0.0963. The van der Waals surface area contributed by atoms with Crippen molar-refractivity contribution in [1.29, 1.82) is 0 Å². The predicted molar refractivity (Wildman–Crippen MR) is 82.4 cm³/mol. The number of carbonyl (C=O) groups excluding carboxylic acids is 2. The van der Waals surface area contributed by atoms with Crippen molar-refractivity contribution in [2.75, 3.05) is 5.75 Å². The highest BCUT2D eigenvalue weighted by atomic mass is 32.2. The minimum atomic E-state index is -0.276. The van der Waals surface area contributed by atoms with E-state index >= 15 is 0 Å². The van der Waals surface area contributed by atoms with E-state index in [1.165, 1.54) is 0 Å². The Morgan fingerprint density at radius 2 is 2.15 bits per heavy atom. The van der Waals surface area contributed by atoms with Gasteiger partial charge in [0.15, 0.2) is 0 Å². The first-order chi connectivity index (χ1) is 9.33. The van der Waals surface area contributed by atoms with E-state index in [2.05, 4.69) is 26.1 Å². The molecule has 5 heteroatoms. The van der Waals surface area contributed by atoms with Gasteiger partial charge in [-0.25, -0.2) is 0 Å². The average molecular weight is 298 g/mol. The first-order valence-corrected chi connectivity index (χ1v) is 8.58. The molecule has 0 spiro atoms. The highest BCUT2D eigenvalue weighted by molar-refractivity contribution is 8.01. The largest absolute Gasteiger partial charge is 0.352 e. The third-order valence-corrected chi connectivity index (χ3v) is 5.82. The molecule has 2 amide bonds. The number of hydrogen-bond acceptors (Lipinski definition) is 3. The van der Waals surface area contributed by atoms with Crippen molar-refractivity contribution in [3.05, 3.63) is 0 Å². The van der Waals surface area contributed by atoms with Crippen LogP contribution in [0.3, 0.4) is 0 Å². The van der Waals surface area contributed by atoms with Gasteiger partial charge in [-0.05, 0) is 39.0 Å². The predicted octanol–water partition coefficient (Wildman–Crippen LogP) is 2.38. The number of rotatable bonds is 5. The molecule has 20 heavy (non-hydrogen) atoms. The van der Waals surface area contributed by atoms with Gasteiger partial charge in [-0.1, -0.05) is 13.8 Å². The third kappa shape index (κ3) is 3.13. The Balaban J connectivity index is 1.91. The van der Waals surface area contributed by atoms with Crippen molar-refractivity contribution in [3.63, 3.8) is 0 Å². The molecule has 0 bridgehead atoms. The lowest BCUT2D eigenvalue weighted by molar-refractivity contribution is -0.138. The van der Waals surface area contributed by atoms with Gasteiger partial charge in [0.05, 0.1) is 4.87 Å². The molecule has 3 atom stereocenters. The van der Waals surface area contributed by atoms with E-state index in [1.54, 1.807) is 11.8 Å². The second-order valence-electron chi connectivity index (χ2n) is 6.65. The standard InChI is InChI=1S/C15H26N2O2S/c1-10(2)5-6-11(3)16-14(19)12-9-20-15(4)8-7-13(18)17(12)15/h10-12H,5-9H2,1-4H3,(H,16,19)/t11-,12+,15-/m0/s1. The van der Waals surface area contributed by atoms with Crippen molar-refractivity contribution < 1.29 is 9.59 Å². The lowest BCUT2D eigenvalue weighted by Crippen LogP contribution is -2.51. The number of hydrogen-bond donors (Lipinski definition) is 1. The zero-order valence-electron chi connectivity index (χ0n) is 12.9. The van der Waals surface area contributed by atoms with Crippen molar-refractivity contribution in [1.82, 2.24) is 10.2 Å². The van der Waals surface area contributed by atoms with Gasteiger partial charge in [0.25, 0.3) is 0 Å². The van der Waals surface area contributed by atoms with Gasteiger partial charge in [-0.3, -0.25) is 9.59 Å². The molecule has 0 aromatic carbocycles.